The van der Waals surface area contributed by atoms with Gasteiger partial charge in [0, 0.05) is 7.05 Å². The highest BCUT2D eigenvalue weighted by atomic mass is 16.4. The third-order valence-corrected chi connectivity index (χ3v) is 3.06. The summed E-state index contributed by atoms with van der Waals surface area (Å²) in [6.07, 6.45) is 2.88. The maximum absolute atomic E-state index is 12.3. The molecule has 3 aromatic heterocycles. The molecule has 3 rings (SSSR count). The molecule has 0 aliphatic heterocycles. The number of nitrogens with zero attached hydrogens (tertiary/aromatic N) is 4. The number of carbonyl (C=O) groups excluding carboxylic acids is 1. The van der Waals surface area contributed by atoms with Gasteiger partial charge in [0.25, 0.3) is 5.56 Å². The molecule has 1 amide bonds. The third kappa shape index (κ3) is 2.19. The fraction of sp³-hybridized carbons (Fsp3) is 0.167. The highest BCUT2D eigenvalue weighted by Gasteiger charge is 2.12. The van der Waals surface area contributed by atoms with Crippen LogP contribution in [0.15, 0.2) is 33.9 Å². The SMILES string of the molecule is Cn1ncc2c(=O)n(Cc3ccc(C(=O)NN)o3)cnc21. The molecule has 0 aliphatic rings. The normalized spacial score (nSPS) is 11.0. The van der Waals surface area contributed by atoms with Crippen molar-refractivity contribution in [1.82, 2.24) is 24.8 Å². The number of hydrazine groups is 1. The number of aromatic nitrogens is 4. The van der Waals surface area contributed by atoms with Crippen LogP contribution in [0.25, 0.3) is 11.0 Å². The average molecular weight is 288 g/mol. The van der Waals surface area contributed by atoms with Crippen LogP contribution in [0.1, 0.15) is 16.3 Å². The molecular formula is C12H12N6O3. The van der Waals surface area contributed by atoms with Gasteiger partial charge in [-0.05, 0) is 12.1 Å². The maximum atomic E-state index is 12.3. The Bertz CT molecular complexity index is 875. The van der Waals surface area contributed by atoms with E-state index in [2.05, 4.69) is 10.1 Å². The molecule has 3 heterocycles. The zero-order valence-electron chi connectivity index (χ0n) is 11.1. The Morgan fingerprint density at radius 2 is 2.29 bits per heavy atom. The van der Waals surface area contributed by atoms with E-state index < -0.39 is 5.91 Å². The predicted octanol–water partition coefficient (Wildman–Crippen LogP) is -0.625. The molecule has 0 bridgehead atoms. The quantitative estimate of drug-likeness (QED) is 0.376. The smallest absolute Gasteiger partial charge is 0.300 e. The van der Waals surface area contributed by atoms with E-state index in [9.17, 15) is 9.59 Å². The minimum atomic E-state index is -0.533. The highest BCUT2D eigenvalue weighted by Crippen LogP contribution is 2.09. The van der Waals surface area contributed by atoms with Crippen molar-refractivity contribution in [2.75, 3.05) is 0 Å². The van der Waals surface area contributed by atoms with Gasteiger partial charge in [-0.1, -0.05) is 0 Å². The Hall–Kier alpha value is -2.94. The standard InChI is InChI=1S/C12H12N6O3/c1-17-10-8(4-15-17)12(20)18(6-14-10)5-7-2-3-9(21-7)11(19)16-13/h2-4,6H,5,13H2,1H3,(H,16,19). The lowest BCUT2D eigenvalue weighted by atomic mass is 10.4. The van der Waals surface area contributed by atoms with Crippen LogP contribution in [0.4, 0.5) is 0 Å². The number of furan rings is 1. The second kappa shape index (κ2) is 4.87. The Labute approximate surface area is 117 Å². The summed E-state index contributed by atoms with van der Waals surface area (Å²) in [4.78, 5) is 27.8. The van der Waals surface area contributed by atoms with Gasteiger partial charge in [-0.25, -0.2) is 10.8 Å². The summed E-state index contributed by atoms with van der Waals surface area (Å²) in [5, 5.41) is 4.42. The van der Waals surface area contributed by atoms with Gasteiger partial charge in [-0.2, -0.15) is 5.10 Å². The molecular weight excluding hydrogens is 276 g/mol. The van der Waals surface area contributed by atoms with Gasteiger partial charge in [0.1, 0.15) is 17.5 Å². The van der Waals surface area contributed by atoms with Crippen molar-refractivity contribution < 1.29 is 9.21 Å². The number of fused-ring (bicyclic) bond motifs is 1. The number of nitrogen functional groups attached to an aromatic ring is 1. The molecule has 3 N–H and O–H groups in total. The Kier molecular flexibility index (Phi) is 3.03. The van der Waals surface area contributed by atoms with E-state index in [-0.39, 0.29) is 17.9 Å². The van der Waals surface area contributed by atoms with Gasteiger partial charge in [0.05, 0.1) is 12.7 Å². The van der Waals surface area contributed by atoms with Crippen LogP contribution in [0.5, 0.6) is 0 Å². The Balaban J connectivity index is 1.95. The minimum absolute atomic E-state index is 0.0796. The van der Waals surface area contributed by atoms with Crippen LogP contribution in [0.2, 0.25) is 0 Å². The first-order valence-corrected chi connectivity index (χ1v) is 6.07. The van der Waals surface area contributed by atoms with Crippen molar-refractivity contribution in [3.05, 3.63) is 46.5 Å². The first kappa shape index (κ1) is 13.1. The molecule has 9 heteroatoms. The van der Waals surface area contributed by atoms with E-state index in [1.807, 2.05) is 5.43 Å². The first-order chi connectivity index (χ1) is 10.1. The zero-order chi connectivity index (χ0) is 15.0. The number of aryl methyl sites for hydroxylation is 1. The number of hydrogen-bond acceptors (Lipinski definition) is 6. The summed E-state index contributed by atoms with van der Waals surface area (Å²) in [5.41, 5.74) is 2.26. The van der Waals surface area contributed by atoms with E-state index in [1.54, 1.807) is 13.1 Å². The molecule has 0 unspecified atom stereocenters. The highest BCUT2D eigenvalue weighted by molar-refractivity contribution is 5.90. The van der Waals surface area contributed by atoms with Crippen LogP contribution in [0, 0.1) is 0 Å². The van der Waals surface area contributed by atoms with Crippen molar-refractivity contribution in [2.24, 2.45) is 12.9 Å². The Morgan fingerprint density at radius 3 is 3.05 bits per heavy atom. The molecule has 0 saturated heterocycles. The van der Waals surface area contributed by atoms with E-state index in [0.717, 1.165) is 0 Å². The van der Waals surface area contributed by atoms with Crippen molar-refractivity contribution >= 4 is 16.9 Å². The van der Waals surface area contributed by atoms with E-state index in [4.69, 9.17) is 10.3 Å². The average Bonchev–Trinajstić information content (AvgIpc) is 3.09. The second-order valence-electron chi connectivity index (χ2n) is 4.42. The summed E-state index contributed by atoms with van der Waals surface area (Å²) in [6.45, 7) is 0.161. The van der Waals surface area contributed by atoms with Gasteiger partial charge in [0.2, 0.25) is 0 Å². The number of nitrogens with two attached hydrogens (primary N) is 1. The number of rotatable bonds is 3. The summed E-state index contributed by atoms with van der Waals surface area (Å²) >= 11 is 0. The Morgan fingerprint density at radius 1 is 1.48 bits per heavy atom. The molecule has 108 valence electrons. The number of nitrogens with one attached hydrogen (secondary N) is 1. The molecule has 3 aromatic rings. The lowest BCUT2D eigenvalue weighted by Gasteiger charge is -2.03. The molecule has 9 nitrogen and oxygen atoms in total. The molecule has 0 atom stereocenters. The van der Waals surface area contributed by atoms with Gasteiger partial charge in [-0.3, -0.25) is 24.3 Å². The molecule has 0 aliphatic carbocycles. The predicted molar refractivity (Wildman–Crippen MR) is 72.2 cm³/mol. The maximum Gasteiger partial charge on any atom is 0.300 e. The van der Waals surface area contributed by atoms with E-state index >= 15 is 0 Å². The van der Waals surface area contributed by atoms with Crippen LogP contribution in [0.3, 0.4) is 0 Å². The molecule has 0 fully saturated rings. The van der Waals surface area contributed by atoms with Gasteiger partial charge < -0.3 is 4.42 Å². The van der Waals surface area contributed by atoms with Gasteiger partial charge in [-0.15, -0.1) is 0 Å². The van der Waals surface area contributed by atoms with E-state index in [1.165, 1.54) is 27.8 Å². The minimum Gasteiger partial charge on any atom is -0.454 e. The molecule has 0 aromatic carbocycles. The summed E-state index contributed by atoms with van der Waals surface area (Å²) in [6, 6.07) is 3.09. The third-order valence-electron chi connectivity index (χ3n) is 3.06. The number of amides is 1. The molecule has 21 heavy (non-hydrogen) atoms. The van der Waals surface area contributed by atoms with Crippen molar-refractivity contribution in [1.29, 1.82) is 0 Å². The van der Waals surface area contributed by atoms with E-state index in [0.29, 0.717) is 16.8 Å². The van der Waals surface area contributed by atoms with Crippen LogP contribution in [-0.4, -0.2) is 25.2 Å². The summed E-state index contributed by atoms with van der Waals surface area (Å²) in [7, 11) is 1.71. The van der Waals surface area contributed by atoms with Crippen LogP contribution in [-0.2, 0) is 13.6 Å². The summed E-state index contributed by atoms with van der Waals surface area (Å²) < 4.78 is 8.22. The van der Waals surface area contributed by atoms with Crippen LogP contribution >= 0.6 is 0 Å². The van der Waals surface area contributed by atoms with Crippen molar-refractivity contribution in [3.63, 3.8) is 0 Å². The second-order valence-corrected chi connectivity index (χ2v) is 4.42. The largest absolute Gasteiger partial charge is 0.454 e. The fourth-order valence-electron chi connectivity index (χ4n) is 2.00. The zero-order valence-corrected chi connectivity index (χ0v) is 11.1. The molecule has 0 saturated carbocycles. The van der Waals surface area contributed by atoms with Crippen molar-refractivity contribution in [2.45, 2.75) is 6.54 Å². The summed E-state index contributed by atoms with van der Waals surface area (Å²) in [5.74, 6) is 5.01. The number of carbonyl (C=O) groups is 1. The van der Waals surface area contributed by atoms with Crippen molar-refractivity contribution in [3.8, 4) is 0 Å². The monoisotopic (exact) mass is 288 g/mol. The lowest BCUT2D eigenvalue weighted by Crippen LogP contribution is -2.29. The fourth-order valence-corrected chi connectivity index (χ4v) is 2.00. The lowest BCUT2D eigenvalue weighted by molar-refractivity contribution is 0.0924. The molecule has 0 radical (unpaired) electrons. The topological polar surface area (TPSA) is 121 Å². The number of hydrogen-bond donors (Lipinski definition) is 2. The van der Waals surface area contributed by atoms with Gasteiger partial charge in [0.15, 0.2) is 11.4 Å². The van der Waals surface area contributed by atoms with Crippen LogP contribution < -0.4 is 16.8 Å². The van der Waals surface area contributed by atoms with Gasteiger partial charge >= 0.3 is 5.91 Å². The first-order valence-electron chi connectivity index (χ1n) is 6.07. The molecule has 0 spiro atoms.